The number of amides is 1. The van der Waals surface area contributed by atoms with Crippen molar-refractivity contribution in [2.45, 2.75) is 69.6 Å². The first-order valence-corrected chi connectivity index (χ1v) is 10.2. The second-order valence-corrected chi connectivity index (χ2v) is 7.29. The molecule has 1 saturated heterocycles. The van der Waals surface area contributed by atoms with Gasteiger partial charge in [0.05, 0.1) is 0 Å². The van der Waals surface area contributed by atoms with Crippen LogP contribution < -0.4 is 16.7 Å². The number of nitrogens with zero attached hydrogens (tertiary/aromatic N) is 5. The maximum atomic E-state index is 12.0. The van der Waals surface area contributed by atoms with Crippen LogP contribution in [0.1, 0.15) is 51.7 Å². The fourth-order valence-electron chi connectivity index (χ4n) is 3.23. The summed E-state index contributed by atoms with van der Waals surface area (Å²) in [6, 6.07) is 1.30. The third-order valence-electron chi connectivity index (χ3n) is 4.95. The molecule has 13 nitrogen and oxygen atoms in total. The number of aliphatic hydroxyl groups is 2. The van der Waals surface area contributed by atoms with E-state index in [1.807, 2.05) is 0 Å². The molecule has 1 aromatic rings. The van der Waals surface area contributed by atoms with Crippen LogP contribution >= 0.6 is 0 Å². The number of alkyl carbamates (subject to hydrolysis) is 1. The van der Waals surface area contributed by atoms with Crippen molar-refractivity contribution in [1.82, 2.24) is 14.9 Å². The van der Waals surface area contributed by atoms with Crippen LogP contribution in [-0.2, 0) is 9.47 Å². The number of azide groups is 1. The number of ether oxygens (including phenoxy) is 2. The molecule has 1 aromatic heterocycles. The smallest absolute Gasteiger partial charge is 0.407 e. The van der Waals surface area contributed by atoms with Crippen LogP contribution in [0.15, 0.2) is 22.2 Å². The van der Waals surface area contributed by atoms with Crippen LogP contribution in [0.2, 0.25) is 0 Å². The lowest BCUT2D eigenvalue weighted by atomic mass is 10.1. The number of nitrogens with one attached hydrogen (secondary N) is 1. The van der Waals surface area contributed by atoms with Crippen LogP contribution in [0, 0.1) is 0 Å². The van der Waals surface area contributed by atoms with E-state index in [1.54, 1.807) is 0 Å². The number of nitrogen functional groups attached to an aromatic ring is 1. The zero-order valence-electron chi connectivity index (χ0n) is 17.4. The summed E-state index contributed by atoms with van der Waals surface area (Å²) in [6.45, 7) is 1.86. The highest BCUT2D eigenvalue weighted by atomic mass is 16.6. The van der Waals surface area contributed by atoms with Gasteiger partial charge in [0, 0.05) is 17.7 Å². The first-order chi connectivity index (χ1) is 14.8. The van der Waals surface area contributed by atoms with Crippen molar-refractivity contribution in [1.29, 1.82) is 0 Å². The van der Waals surface area contributed by atoms with Crippen LogP contribution in [0.4, 0.5) is 10.6 Å². The second-order valence-electron chi connectivity index (χ2n) is 7.29. The molecular weight excluding hydrogens is 410 g/mol. The summed E-state index contributed by atoms with van der Waals surface area (Å²) in [6.07, 6.45) is 1.89. The molecule has 0 saturated carbocycles. The molecule has 4 atom stereocenters. The Balaban J connectivity index is 1.96. The van der Waals surface area contributed by atoms with E-state index >= 15 is 0 Å². The molecule has 2 heterocycles. The Morgan fingerprint density at radius 2 is 2.13 bits per heavy atom. The van der Waals surface area contributed by atoms with Gasteiger partial charge >= 0.3 is 11.8 Å². The number of aliphatic hydroxyl groups excluding tert-OH is 2. The maximum absolute atomic E-state index is 12.0. The van der Waals surface area contributed by atoms with Gasteiger partial charge in [-0.25, -0.2) is 9.59 Å². The van der Waals surface area contributed by atoms with Crippen LogP contribution in [0.5, 0.6) is 0 Å². The molecule has 1 amide bonds. The van der Waals surface area contributed by atoms with E-state index < -0.39 is 42.6 Å². The molecule has 1 fully saturated rings. The van der Waals surface area contributed by atoms with Crippen LogP contribution in [-0.4, -0.2) is 56.9 Å². The number of carbonyl (C=O) groups is 1. The molecule has 0 spiro atoms. The molecule has 1 aliphatic heterocycles. The lowest BCUT2D eigenvalue weighted by Gasteiger charge is -2.26. The van der Waals surface area contributed by atoms with E-state index in [0.29, 0.717) is 6.54 Å². The molecule has 0 radical (unpaired) electrons. The zero-order valence-corrected chi connectivity index (χ0v) is 17.4. The molecule has 0 aromatic carbocycles. The van der Waals surface area contributed by atoms with Crippen molar-refractivity contribution < 1.29 is 24.5 Å². The van der Waals surface area contributed by atoms with Gasteiger partial charge in [0.1, 0.15) is 24.6 Å². The summed E-state index contributed by atoms with van der Waals surface area (Å²) in [4.78, 5) is 30.2. The lowest BCUT2D eigenvalue weighted by molar-refractivity contribution is -0.125. The summed E-state index contributed by atoms with van der Waals surface area (Å²) in [5.41, 5.74) is 11.4. The summed E-state index contributed by atoms with van der Waals surface area (Å²) in [5, 5.41) is 26.8. The minimum absolute atomic E-state index is 0.0408. The van der Waals surface area contributed by atoms with Gasteiger partial charge in [-0.2, -0.15) is 4.98 Å². The number of hydrogen-bond acceptors (Lipinski definition) is 9. The van der Waals surface area contributed by atoms with Gasteiger partial charge in [-0.15, -0.1) is 0 Å². The van der Waals surface area contributed by atoms with E-state index in [4.69, 9.17) is 20.7 Å². The van der Waals surface area contributed by atoms with E-state index in [0.717, 1.165) is 36.7 Å². The highest BCUT2D eigenvalue weighted by molar-refractivity contribution is 5.67. The topological polar surface area (TPSA) is 198 Å². The highest BCUT2D eigenvalue weighted by Crippen LogP contribution is 2.38. The fourth-order valence-corrected chi connectivity index (χ4v) is 3.23. The predicted molar refractivity (Wildman–Crippen MR) is 110 cm³/mol. The molecule has 0 aliphatic carbocycles. The predicted octanol–water partition coefficient (Wildman–Crippen LogP) is 1.17. The van der Waals surface area contributed by atoms with Crippen molar-refractivity contribution in [2.24, 2.45) is 5.11 Å². The summed E-state index contributed by atoms with van der Waals surface area (Å²) >= 11 is 0. The number of hydrogen-bond donors (Lipinski definition) is 4. The summed E-state index contributed by atoms with van der Waals surface area (Å²) in [7, 11) is 0. The van der Waals surface area contributed by atoms with Crippen LogP contribution in [0.3, 0.4) is 0 Å². The first-order valence-electron chi connectivity index (χ1n) is 10.2. The van der Waals surface area contributed by atoms with Crippen molar-refractivity contribution >= 4 is 11.9 Å². The Morgan fingerprint density at radius 1 is 1.42 bits per heavy atom. The van der Waals surface area contributed by atoms with E-state index in [2.05, 4.69) is 27.3 Å². The molecule has 172 valence electrons. The number of carbonyl (C=O) groups excluding carboxylic acids is 1. The third kappa shape index (κ3) is 6.31. The van der Waals surface area contributed by atoms with Gasteiger partial charge in [0.15, 0.2) is 6.23 Å². The minimum atomic E-state index is -2.13. The largest absolute Gasteiger partial charge is 0.446 e. The molecule has 0 unspecified atom stereocenters. The van der Waals surface area contributed by atoms with Gasteiger partial charge < -0.3 is 30.7 Å². The van der Waals surface area contributed by atoms with Gasteiger partial charge in [-0.1, -0.05) is 44.1 Å². The highest BCUT2D eigenvalue weighted by Gasteiger charge is 2.56. The monoisotopic (exact) mass is 439 g/mol. The number of aromatic nitrogens is 2. The number of unbranched alkanes of at least 4 members (excludes halogenated alkanes) is 5. The van der Waals surface area contributed by atoms with E-state index in [9.17, 15) is 19.8 Å². The molecule has 5 N–H and O–H groups in total. The van der Waals surface area contributed by atoms with Gasteiger partial charge in [-0.3, -0.25) is 4.57 Å². The van der Waals surface area contributed by atoms with Gasteiger partial charge in [0.2, 0.25) is 5.72 Å². The zero-order chi connectivity index (χ0) is 22.9. The molecule has 2 rings (SSSR count). The molecular formula is C18H29N7O6. The Morgan fingerprint density at radius 3 is 2.81 bits per heavy atom. The molecule has 0 bridgehead atoms. The van der Waals surface area contributed by atoms with Crippen molar-refractivity contribution in [2.75, 3.05) is 18.9 Å². The van der Waals surface area contributed by atoms with Gasteiger partial charge in [-0.05, 0) is 18.0 Å². The Bertz CT molecular complexity index is 843. The van der Waals surface area contributed by atoms with Gasteiger partial charge in [0.25, 0.3) is 0 Å². The normalized spacial score (nSPS) is 25.1. The Hall–Kier alpha value is -2.86. The van der Waals surface area contributed by atoms with Crippen molar-refractivity contribution in [3.8, 4) is 0 Å². The minimum Gasteiger partial charge on any atom is -0.446 e. The average Bonchev–Trinajstić information content (AvgIpc) is 2.97. The SMILES string of the molecule is CCCCCCCCNC(=O)OC[C@@]1(N=[N+]=[N-])O[C@H](n2ccc(N)nc2=O)[C@H](O)[C@@H]1O. The molecule has 31 heavy (non-hydrogen) atoms. The number of nitrogens with two attached hydrogens (primary N) is 1. The summed E-state index contributed by atoms with van der Waals surface area (Å²) in [5.74, 6) is -0.0408. The average molecular weight is 439 g/mol. The Labute approximate surface area is 178 Å². The molecule has 13 heteroatoms. The van der Waals surface area contributed by atoms with Crippen LogP contribution in [0.25, 0.3) is 10.4 Å². The quantitative estimate of drug-likeness (QED) is 0.170. The number of rotatable bonds is 11. The molecule has 1 aliphatic rings. The standard InChI is InChI=1S/C18H29N7O6/c1-2-3-4-5-6-7-9-21-17(29)30-11-18(23-24-20)14(27)13(26)15(31-18)25-10-8-12(19)22-16(25)28/h8,10,13-15,26-27H,2-7,9,11H2,1H3,(H,21,29)(H2,19,22,28)/t13-,14+,15+,18-/m1/s1. The lowest BCUT2D eigenvalue weighted by Crippen LogP contribution is -2.46. The first kappa shape index (κ1) is 24.4. The summed E-state index contributed by atoms with van der Waals surface area (Å²) < 4.78 is 11.4. The fraction of sp³-hybridized carbons (Fsp3) is 0.722. The third-order valence-corrected chi connectivity index (χ3v) is 4.95. The maximum Gasteiger partial charge on any atom is 0.407 e. The van der Waals surface area contributed by atoms with E-state index in [-0.39, 0.29) is 5.82 Å². The van der Waals surface area contributed by atoms with Crippen molar-refractivity contribution in [3.63, 3.8) is 0 Å². The number of anilines is 1. The second kappa shape index (κ2) is 11.5. The van der Waals surface area contributed by atoms with Crippen molar-refractivity contribution in [3.05, 3.63) is 33.2 Å². The Kier molecular flexibility index (Phi) is 9.06. The van der Waals surface area contributed by atoms with E-state index in [1.165, 1.54) is 18.7 Å².